The van der Waals surface area contributed by atoms with Crippen LogP contribution in [0.2, 0.25) is 0 Å². The second-order valence-electron chi connectivity index (χ2n) is 7.94. The minimum absolute atomic E-state index is 0.0258. The Balaban J connectivity index is 1.75. The van der Waals surface area contributed by atoms with Crippen LogP contribution in [0.5, 0.6) is 5.75 Å². The summed E-state index contributed by atoms with van der Waals surface area (Å²) in [5, 5.41) is 18.8. The number of phenolic OH excluding ortho intramolecular Hbond substituents is 1. The molecular weight excluding hydrogens is 407 g/mol. The van der Waals surface area contributed by atoms with Crippen LogP contribution in [0.4, 0.5) is 10.1 Å². The van der Waals surface area contributed by atoms with Crippen LogP contribution in [0.25, 0.3) is 28.2 Å². The molecule has 1 atom stereocenters. The number of piperidine rings is 1. The molecule has 3 N–H and O–H groups in total. The van der Waals surface area contributed by atoms with Crippen LogP contribution < -0.4 is 10.6 Å². The van der Waals surface area contributed by atoms with Gasteiger partial charge in [0.2, 0.25) is 0 Å². The van der Waals surface area contributed by atoms with E-state index in [1.165, 1.54) is 12.1 Å². The number of nitrogens with two attached hydrogens (primary N) is 1. The maximum absolute atomic E-state index is 14.5. The third-order valence-corrected chi connectivity index (χ3v) is 5.78. The molecule has 2 aromatic carbocycles. The number of rotatable bonds is 3. The predicted octanol–water partition coefficient (Wildman–Crippen LogP) is 3.73. The average molecular weight is 428 g/mol. The van der Waals surface area contributed by atoms with Crippen molar-refractivity contribution in [2.24, 2.45) is 5.73 Å². The fourth-order valence-corrected chi connectivity index (χ4v) is 4.23. The van der Waals surface area contributed by atoms with E-state index in [1.807, 2.05) is 16.7 Å². The highest BCUT2D eigenvalue weighted by atomic mass is 19.1. The number of nitriles is 1. The molecule has 32 heavy (non-hydrogen) atoms. The lowest BCUT2D eigenvalue weighted by molar-refractivity contribution is 0.475. The van der Waals surface area contributed by atoms with Crippen LogP contribution in [0.15, 0.2) is 54.7 Å². The normalized spacial score (nSPS) is 16.3. The number of anilines is 1. The number of halogens is 1. The molecule has 0 radical (unpaired) electrons. The minimum Gasteiger partial charge on any atom is -0.508 e. The van der Waals surface area contributed by atoms with Crippen molar-refractivity contribution in [1.29, 1.82) is 5.26 Å². The largest absolute Gasteiger partial charge is 0.508 e. The molecule has 1 aliphatic heterocycles. The molecule has 1 aliphatic rings. The molecule has 7 nitrogen and oxygen atoms in total. The number of hydrogen-bond acceptors (Lipinski definition) is 6. The van der Waals surface area contributed by atoms with E-state index in [2.05, 4.69) is 9.88 Å². The zero-order valence-electron chi connectivity index (χ0n) is 17.2. The van der Waals surface area contributed by atoms with Gasteiger partial charge in [-0.2, -0.15) is 5.26 Å². The maximum Gasteiger partial charge on any atom is 0.167 e. The SMILES string of the molecule is N#Cc1ccc(-c2nc3c(N4CCCC(N)C4)ccnc3n2-c2ccc(O)cc2)cc1F. The summed E-state index contributed by atoms with van der Waals surface area (Å²) in [5.41, 5.74) is 9.67. The molecule has 3 heterocycles. The van der Waals surface area contributed by atoms with E-state index in [0.29, 0.717) is 22.6 Å². The molecule has 8 heteroatoms. The first-order chi connectivity index (χ1) is 15.5. The molecule has 160 valence electrons. The molecule has 5 rings (SSSR count). The van der Waals surface area contributed by atoms with Crippen LogP contribution in [-0.2, 0) is 0 Å². The van der Waals surface area contributed by atoms with Crippen molar-refractivity contribution in [3.05, 3.63) is 66.1 Å². The summed E-state index contributed by atoms with van der Waals surface area (Å²) in [6.07, 6.45) is 3.72. The van der Waals surface area contributed by atoms with E-state index in [4.69, 9.17) is 16.0 Å². The molecule has 4 aromatic rings. The molecule has 0 amide bonds. The van der Waals surface area contributed by atoms with Gasteiger partial charge in [0.15, 0.2) is 5.65 Å². The molecule has 2 aromatic heterocycles. The van der Waals surface area contributed by atoms with Gasteiger partial charge < -0.3 is 15.7 Å². The molecule has 0 bridgehead atoms. The first-order valence-corrected chi connectivity index (χ1v) is 10.4. The monoisotopic (exact) mass is 428 g/mol. The standard InChI is InChI=1S/C24H21FN6O/c25-20-12-15(3-4-16(20)13-26)23-29-22-21(30-11-1-2-17(27)14-30)9-10-28-24(22)31(23)18-5-7-19(32)8-6-18/h3-10,12,17,32H,1-2,11,14,27H2. The van der Waals surface area contributed by atoms with Crippen molar-refractivity contribution >= 4 is 16.9 Å². The number of hydrogen-bond donors (Lipinski definition) is 2. The number of nitrogens with zero attached hydrogens (tertiary/aromatic N) is 5. The molecule has 1 fully saturated rings. The van der Waals surface area contributed by atoms with Crippen molar-refractivity contribution < 1.29 is 9.50 Å². The summed E-state index contributed by atoms with van der Waals surface area (Å²) in [6, 6.07) is 15.0. The Hall–Kier alpha value is -3.96. The number of imidazole rings is 1. The molecular formula is C24H21FN6O. The van der Waals surface area contributed by atoms with Crippen molar-refractivity contribution in [3.8, 4) is 28.9 Å². The van der Waals surface area contributed by atoms with Gasteiger partial charge in [-0.25, -0.2) is 14.4 Å². The third-order valence-electron chi connectivity index (χ3n) is 5.78. The summed E-state index contributed by atoms with van der Waals surface area (Å²) >= 11 is 0. The molecule has 0 spiro atoms. The smallest absolute Gasteiger partial charge is 0.167 e. The summed E-state index contributed by atoms with van der Waals surface area (Å²) in [4.78, 5) is 11.7. The van der Waals surface area contributed by atoms with Crippen molar-refractivity contribution in [3.63, 3.8) is 0 Å². The second kappa shape index (κ2) is 7.94. The maximum atomic E-state index is 14.5. The van der Waals surface area contributed by atoms with Crippen LogP contribution in [0.1, 0.15) is 18.4 Å². The van der Waals surface area contributed by atoms with Crippen LogP contribution in [-0.4, -0.2) is 38.8 Å². The molecule has 0 saturated carbocycles. The molecule has 1 saturated heterocycles. The van der Waals surface area contributed by atoms with Gasteiger partial charge >= 0.3 is 0 Å². The van der Waals surface area contributed by atoms with E-state index < -0.39 is 5.82 Å². The first kappa shape index (κ1) is 20.0. The van der Waals surface area contributed by atoms with Gasteiger partial charge in [0, 0.05) is 36.6 Å². The fraction of sp³-hybridized carbons (Fsp3) is 0.208. The summed E-state index contributed by atoms with van der Waals surface area (Å²) in [6.45, 7) is 1.60. The Kier molecular flexibility index (Phi) is 4.96. The number of phenols is 1. The van der Waals surface area contributed by atoms with Gasteiger partial charge in [0.25, 0.3) is 0 Å². The predicted molar refractivity (Wildman–Crippen MR) is 120 cm³/mol. The number of aromatic nitrogens is 3. The van der Waals surface area contributed by atoms with E-state index in [-0.39, 0.29) is 17.4 Å². The number of fused-ring (bicyclic) bond motifs is 1. The Labute approximate surface area is 184 Å². The van der Waals surface area contributed by atoms with Crippen LogP contribution in [0.3, 0.4) is 0 Å². The number of pyridine rings is 1. The molecule has 1 unspecified atom stereocenters. The first-order valence-electron chi connectivity index (χ1n) is 10.4. The van der Waals surface area contributed by atoms with Crippen LogP contribution >= 0.6 is 0 Å². The fourth-order valence-electron chi connectivity index (χ4n) is 4.23. The highest BCUT2D eigenvalue weighted by Crippen LogP contribution is 2.34. The number of aromatic hydroxyl groups is 1. The van der Waals surface area contributed by atoms with Gasteiger partial charge in [-0.3, -0.25) is 4.57 Å². The lowest BCUT2D eigenvalue weighted by Gasteiger charge is -2.32. The van der Waals surface area contributed by atoms with Gasteiger partial charge in [-0.15, -0.1) is 0 Å². The highest BCUT2D eigenvalue weighted by molar-refractivity contribution is 5.90. The average Bonchev–Trinajstić information content (AvgIpc) is 3.19. The lowest BCUT2D eigenvalue weighted by atomic mass is 10.1. The Morgan fingerprint density at radius 1 is 1.16 bits per heavy atom. The Morgan fingerprint density at radius 2 is 1.97 bits per heavy atom. The van der Waals surface area contributed by atoms with E-state index >= 15 is 0 Å². The topological polar surface area (TPSA) is 104 Å². The Morgan fingerprint density at radius 3 is 2.69 bits per heavy atom. The second-order valence-corrected chi connectivity index (χ2v) is 7.94. The van der Waals surface area contributed by atoms with Gasteiger partial charge in [0.05, 0.1) is 11.3 Å². The summed E-state index contributed by atoms with van der Waals surface area (Å²) in [7, 11) is 0. The van der Waals surface area contributed by atoms with Crippen molar-refractivity contribution in [2.45, 2.75) is 18.9 Å². The Bertz CT molecular complexity index is 1340. The van der Waals surface area contributed by atoms with Gasteiger partial charge in [-0.05, 0) is 61.4 Å². The van der Waals surface area contributed by atoms with Crippen molar-refractivity contribution in [1.82, 2.24) is 14.5 Å². The zero-order chi connectivity index (χ0) is 22.2. The highest BCUT2D eigenvalue weighted by Gasteiger charge is 2.23. The quantitative estimate of drug-likeness (QED) is 0.515. The van der Waals surface area contributed by atoms with E-state index in [1.54, 1.807) is 36.5 Å². The van der Waals surface area contributed by atoms with E-state index in [9.17, 15) is 9.50 Å². The van der Waals surface area contributed by atoms with Crippen LogP contribution in [0, 0.1) is 17.1 Å². The minimum atomic E-state index is -0.607. The number of benzene rings is 2. The third kappa shape index (κ3) is 3.43. The van der Waals surface area contributed by atoms with E-state index in [0.717, 1.165) is 37.3 Å². The van der Waals surface area contributed by atoms with Gasteiger partial charge in [-0.1, -0.05) is 0 Å². The summed E-state index contributed by atoms with van der Waals surface area (Å²) < 4.78 is 16.3. The lowest BCUT2D eigenvalue weighted by Crippen LogP contribution is -2.42. The van der Waals surface area contributed by atoms with Crippen molar-refractivity contribution in [2.75, 3.05) is 18.0 Å². The zero-order valence-corrected chi connectivity index (χ0v) is 17.2. The van der Waals surface area contributed by atoms with Gasteiger partial charge in [0.1, 0.15) is 29.0 Å². The summed E-state index contributed by atoms with van der Waals surface area (Å²) in [5.74, 6) is 0.0277. The molecule has 0 aliphatic carbocycles.